The first-order valence-electron chi connectivity index (χ1n) is 3.69. The van der Waals surface area contributed by atoms with Crippen molar-refractivity contribution in [1.29, 1.82) is 0 Å². The Hall–Kier alpha value is -0.970. The third-order valence-electron chi connectivity index (χ3n) is 1.49. The van der Waals surface area contributed by atoms with Gasteiger partial charge in [0, 0.05) is 14.1 Å². The first-order valence-corrected chi connectivity index (χ1v) is 4.47. The summed E-state index contributed by atoms with van der Waals surface area (Å²) in [5.41, 5.74) is 0.790. The lowest BCUT2D eigenvalue weighted by atomic mass is 10.3. The molecule has 1 amide bonds. The minimum absolute atomic E-state index is 0.0122. The predicted molar refractivity (Wildman–Crippen MR) is 47.3 cm³/mol. The molecule has 0 saturated heterocycles. The fourth-order valence-electron chi connectivity index (χ4n) is 0.805. The van der Waals surface area contributed by atoms with Gasteiger partial charge in [-0.2, -0.15) is 0 Å². The Bertz CT molecular complexity index is 282. The van der Waals surface area contributed by atoms with Crippen LogP contribution < -0.4 is 0 Å². The van der Waals surface area contributed by atoms with Crippen molar-refractivity contribution in [3.8, 4) is 0 Å². The van der Waals surface area contributed by atoms with E-state index < -0.39 is 0 Å². The first-order chi connectivity index (χ1) is 5.66. The SMILES string of the molecule is CCc1nnsc1C(=O)N(C)C. The smallest absolute Gasteiger partial charge is 0.267 e. The van der Waals surface area contributed by atoms with Gasteiger partial charge in [0.15, 0.2) is 0 Å². The van der Waals surface area contributed by atoms with Crippen LogP contribution in [0.5, 0.6) is 0 Å². The van der Waals surface area contributed by atoms with Gasteiger partial charge in [0.1, 0.15) is 4.88 Å². The van der Waals surface area contributed by atoms with E-state index in [1.807, 2.05) is 6.92 Å². The highest BCUT2D eigenvalue weighted by molar-refractivity contribution is 7.07. The summed E-state index contributed by atoms with van der Waals surface area (Å²) in [5, 5.41) is 3.86. The van der Waals surface area contributed by atoms with Crippen LogP contribution in [0.4, 0.5) is 0 Å². The van der Waals surface area contributed by atoms with Crippen LogP contribution in [0.25, 0.3) is 0 Å². The van der Waals surface area contributed by atoms with Gasteiger partial charge < -0.3 is 4.90 Å². The predicted octanol–water partition coefficient (Wildman–Crippen LogP) is 0.802. The average Bonchev–Trinajstić information content (AvgIpc) is 2.49. The molecule has 1 rings (SSSR count). The number of rotatable bonds is 2. The molecule has 5 heteroatoms. The highest BCUT2D eigenvalue weighted by atomic mass is 32.1. The summed E-state index contributed by atoms with van der Waals surface area (Å²) >= 11 is 1.16. The molecule has 0 fully saturated rings. The third kappa shape index (κ3) is 1.61. The molecule has 1 aromatic rings. The van der Waals surface area contributed by atoms with Crippen LogP contribution in [0.1, 0.15) is 22.3 Å². The molecule has 0 saturated carbocycles. The lowest BCUT2D eigenvalue weighted by Gasteiger charge is -2.07. The fraction of sp³-hybridized carbons (Fsp3) is 0.571. The summed E-state index contributed by atoms with van der Waals surface area (Å²) < 4.78 is 3.74. The van der Waals surface area contributed by atoms with Crippen molar-refractivity contribution in [2.75, 3.05) is 14.1 Å². The summed E-state index contributed by atoms with van der Waals surface area (Å²) in [5.74, 6) is -0.0122. The lowest BCUT2D eigenvalue weighted by Crippen LogP contribution is -2.21. The summed E-state index contributed by atoms with van der Waals surface area (Å²) in [6.45, 7) is 1.96. The minimum atomic E-state index is -0.0122. The van der Waals surface area contributed by atoms with E-state index >= 15 is 0 Å². The van der Waals surface area contributed by atoms with E-state index in [9.17, 15) is 4.79 Å². The maximum Gasteiger partial charge on any atom is 0.267 e. The Morgan fingerprint density at radius 2 is 2.25 bits per heavy atom. The van der Waals surface area contributed by atoms with Crippen LogP contribution in [-0.4, -0.2) is 34.5 Å². The molecular weight excluding hydrogens is 174 g/mol. The molecule has 4 nitrogen and oxygen atoms in total. The lowest BCUT2D eigenvalue weighted by molar-refractivity contribution is 0.0831. The van der Waals surface area contributed by atoms with Gasteiger partial charge in [-0.15, -0.1) is 5.10 Å². The Balaban J connectivity index is 2.94. The van der Waals surface area contributed by atoms with Gasteiger partial charge in [0.2, 0.25) is 0 Å². The van der Waals surface area contributed by atoms with Crippen molar-refractivity contribution in [2.45, 2.75) is 13.3 Å². The van der Waals surface area contributed by atoms with E-state index in [0.29, 0.717) is 4.88 Å². The zero-order valence-electron chi connectivity index (χ0n) is 7.37. The molecule has 12 heavy (non-hydrogen) atoms. The number of aryl methyl sites for hydroxylation is 1. The molecule has 66 valence electrons. The number of amides is 1. The average molecular weight is 185 g/mol. The van der Waals surface area contributed by atoms with Gasteiger partial charge in [0.05, 0.1) is 5.69 Å². The molecule has 1 aromatic heterocycles. The number of carbonyl (C=O) groups is 1. The van der Waals surface area contributed by atoms with E-state index in [0.717, 1.165) is 23.6 Å². The van der Waals surface area contributed by atoms with E-state index in [-0.39, 0.29) is 5.91 Å². The monoisotopic (exact) mass is 185 g/mol. The molecule has 0 N–H and O–H groups in total. The van der Waals surface area contributed by atoms with Crippen LogP contribution >= 0.6 is 11.5 Å². The van der Waals surface area contributed by atoms with E-state index in [1.54, 1.807) is 14.1 Å². The van der Waals surface area contributed by atoms with Crippen molar-refractivity contribution >= 4 is 17.4 Å². The van der Waals surface area contributed by atoms with E-state index in [2.05, 4.69) is 9.59 Å². The molecule has 0 unspecified atom stereocenters. The second-order valence-corrected chi connectivity index (χ2v) is 3.36. The minimum Gasteiger partial charge on any atom is -0.344 e. The van der Waals surface area contributed by atoms with Crippen LogP contribution in [-0.2, 0) is 6.42 Å². The summed E-state index contributed by atoms with van der Waals surface area (Å²) in [6.07, 6.45) is 0.755. The zero-order chi connectivity index (χ0) is 9.14. The molecule has 0 atom stereocenters. The molecule has 0 aliphatic carbocycles. The Morgan fingerprint density at radius 3 is 2.75 bits per heavy atom. The van der Waals surface area contributed by atoms with Gasteiger partial charge in [-0.25, -0.2) is 0 Å². The second-order valence-electron chi connectivity index (χ2n) is 2.60. The highest BCUT2D eigenvalue weighted by Gasteiger charge is 2.15. The largest absolute Gasteiger partial charge is 0.344 e. The van der Waals surface area contributed by atoms with Gasteiger partial charge in [-0.3, -0.25) is 4.79 Å². The van der Waals surface area contributed by atoms with Gasteiger partial charge in [0.25, 0.3) is 5.91 Å². The quantitative estimate of drug-likeness (QED) is 0.684. The molecule has 0 bridgehead atoms. The fourth-order valence-corrected chi connectivity index (χ4v) is 1.58. The maximum absolute atomic E-state index is 11.4. The number of hydrogen-bond acceptors (Lipinski definition) is 4. The van der Waals surface area contributed by atoms with Crippen LogP contribution in [0.2, 0.25) is 0 Å². The van der Waals surface area contributed by atoms with E-state index in [4.69, 9.17) is 0 Å². The molecule has 0 radical (unpaired) electrons. The molecule has 0 aliphatic heterocycles. The van der Waals surface area contributed by atoms with Crippen molar-refractivity contribution < 1.29 is 4.79 Å². The second kappa shape index (κ2) is 3.62. The third-order valence-corrected chi connectivity index (χ3v) is 2.25. The van der Waals surface area contributed by atoms with Gasteiger partial charge in [-0.1, -0.05) is 11.4 Å². The summed E-state index contributed by atoms with van der Waals surface area (Å²) in [7, 11) is 3.45. The van der Waals surface area contributed by atoms with Crippen LogP contribution in [0.3, 0.4) is 0 Å². The van der Waals surface area contributed by atoms with Crippen LogP contribution in [0, 0.1) is 0 Å². The number of carbonyl (C=O) groups excluding carboxylic acids is 1. The molecule has 0 spiro atoms. The highest BCUT2D eigenvalue weighted by Crippen LogP contribution is 2.12. The van der Waals surface area contributed by atoms with Crippen LogP contribution in [0.15, 0.2) is 0 Å². The Kier molecular flexibility index (Phi) is 2.75. The summed E-state index contributed by atoms with van der Waals surface area (Å²) in [4.78, 5) is 13.6. The topological polar surface area (TPSA) is 46.1 Å². The van der Waals surface area contributed by atoms with Crippen molar-refractivity contribution in [3.05, 3.63) is 10.6 Å². The Labute approximate surface area is 75.4 Å². The number of aromatic nitrogens is 2. The first kappa shape index (κ1) is 9.12. The van der Waals surface area contributed by atoms with Crippen molar-refractivity contribution in [2.24, 2.45) is 0 Å². The van der Waals surface area contributed by atoms with E-state index in [1.165, 1.54) is 4.90 Å². The van der Waals surface area contributed by atoms with Gasteiger partial charge in [-0.05, 0) is 18.0 Å². The Morgan fingerprint density at radius 1 is 1.58 bits per heavy atom. The summed E-state index contributed by atoms with van der Waals surface area (Å²) in [6, 6.07) is 0. The molecule has 0 aliphatic rings. The number of nitrogens with zero attached hydrogens (tertiary/aromatic N) is 3. The number of hydrogen-bond donors (Lipinski definition) is 0. The van der Waals surface area contributed by atoms with Crippen molar-refractivity contribution in [1.82, 2.24) is 14.5 Å². The zero-order valence-corrected chi connectivity index (χ0v) is 8.18. The normalized spacial score (nSPS) is 9.92. The van der Waals surface area contributed by atoms with Crippen molar-refractivity contribution in [3.63, 3.8) is 0 Å². The molecule has 1 heterocycles. The molecule has 0 aromatic carbocycles. The standard InChI is InChI=1S/C7H11N3OS/c1-4-5-6(12-9-8-5)7(11)10(2)3/h4H2,1-3H3. The van der Waals surface area contributed by atoms with Gasteiger partial charge >= 0.3 is 0 Å². The maximum atomic E-state index is 11.4. The molecular formula is C7H11N3OS.